The summed E-state index contributed by atoms with van der Waals surface area (Å²) < 4.78 is 0. The standard InChI is InChI=1S/C21H22N4O/c1-15(25-16(2)26)18-8-10-19(11-9-18)20-13-23-21(24-14-20)22-12-17-6-4-3-5-7-17/h3-11,13-15H,12H2,1-2H3,(H,25,26)(H,22,23,24)/t15-/m0/s1. The highest BCUT2D eigenvalue weighted by atomic mass is 16.1. The Morgan fingerprint density at radius 1 is 0.962 bits per heavy atom. The molecule has 2 aromatic carbocycles. The molecule has 0 spiro atoms. The Hall–Kier alpha value is -3.21. The van der Waals surface area contributed by atoms with E-state index in [1.54, 1.807) is 0 Å². The number of anilines is 1. The van der Waals surface area contributed by atoms with Crippen molar-refractivity contribution in [2.24, 2.45) is 0 Å². The Labute approximate surface area is 153 Å². The highest BCUT2D eigenvalue weighted by molar-refractivity contribution is 5.73. The van der Waals surface area contributed by atoms with Crippen LogP contribution < -0.4 is 10.6 Å². The number of aromatic nitrogens is 2. The first-order valence-electron chi connectivity index (χ1n) is 8.59. The molecular formula is C21H22N4O. The smallest absolute Gasteiger partial charge is 0.222 e. The van der Waals surface area contributed by atoms with Crippen molar-refractivity contribution < 1.29 is 4.79 Å². The highest BCUT2D eigenvalue weighted by Crippen LogP contribution is 2.21. The van der Waals surface area contributed by atoms with Crippen molar-refractivity contribution in [3.8, 4) is 11.1 Å². The van der Waals surface area contributed by atoms with E-state index in [0.717, 1.165) is 16.7 Å². The maximum absolute atomic E-state index is 11.2. The lowest BCUT2D eigenvalue weighted by Gasteiger charge is -2.13. The maximum Gasteiger partial charge on any atom is 0.222 e. The predicted octanol–water partition coefficient (Wildman–Crippen LogP) is 3.95. The number of benzene rings is 2. The number of carbonyl (C=O) groups is 1. The zero-order valence-corrected chi connectivity index (χ0v) is 14.9. The van der Waals surface area contributed by atoms with E-state index in [1.165, 1.54) is 12.5 Å². The Bertz CT molecular complexity index is 845. The zero-order chi connectivity index (χ0) is 18.4. The normalized spacial score (nSPS) is 11.6. The van der Waals surface area contributed by atoms with Gasteiger partial charge in [0, 0.05) is 31.4 Å². The van der Waals surface area contributed by atoms with Crippen molar-refractivity contribution in [1.29, 1.82) is 0 Å². The van der Waals surface area contributed by atoms with Crippen molar-refractivity contribution in [2.75, 3.05) is 5.32 Å². The van der Waals surface area contributed by atoms with E-state index in [1.807, 2.05) is 61.8 Å². The van der Waals surface area contributed by atoms with E-state index in [0.29, 0.717) is 12.5 Å². The fourth-order valence-electron chi connectivity index (χ4n) is 2.70. The topological polar surface area (TPSA) is 66.9 Å². The first-order valence-corrected chi connectivity index (χ1v) is 8.59. The largest absolute Gasteiger partial charge is 0.350 e. The summed E-state index contributed by atoms with van der Waals surface area (Å²) >= 11 is 0. The number of nitrogens with one attached hydrogen (secondary N) is 2. The Kier molecular flexibility index (Phi) is 5.59. The minimum absolute atomic E-state index is 0.0117. The minimum atomic E-state index is -0.0337. The molecule has 0 radical (unpaired) electrons. The lowest BCUT2D eigenvalue weighted by atomic mass is 10.0. The van der Waals surface area contributed by atoms with E-state index < -0.39 is 0 Å². The molecule has 0 saturated carbocycles. The molecule has 0 saturated heterocycles. The SMILES string of the molecule is CC(=O)N[C@@H](C)c1ccc(-c2cnc(NCc3ccccc3)nc2)cc1. The van der Waals surface area contributed by atoms with Crippen molar-refractivity contribution >= 4 is 11.9 Å². The van der Waals surface area contributed by atoms with Gasteiger partial charge < -0.3 is 10.6 Å². The van der Waals surface area contributed by atoms with Gasteiger partial charge >= 0.3 is 0 Å². The lowest BCUT2D eigenvalue weighted by Crippen LogP contribution is -2.23. The molecule has 1 amide bonds. The summed E-state index contributed by atoms with van der Waals surface area (Å²) in [4.78, 5) is 19.9. The van der Waals surface area contributed by atoms with Crippen LogP contribution in [0.1, 0.15) is 31.0 Å². The third kappa shape index (κ3) is 4.66. The van der Waals surface area contributed by atoms with Gasteiger partial charge in [-0.05, 0) is 23.6 Å². The van der Waals surface area contributed by atoms with Gasteiger partial charge in [0.2, 0.25) is 11.9 Å². The number of hydrogen-bond acceptors (Lipinski definition) is 4. The van der Waals surface area contributed by atoms with Gasteiger partial charge in [-0.2, -0.15) is 0 Å². The molecule has 3 rings (SSSR count). The lowest BCUT2D eigenvalue weighted by molar-refractivity contribution is -0.119. The van der Waals surface area contributed by atoms with Crippen LogP contribution in [0.4, 0.5) is 5.95 Å². The summed E-state index contributed by atoms with van der Waals surface area (Å²) in [5, 5.41) is 6.10. The number of carbonyl (C=O) groups excluding carboxylic acids is 1. The third-order valence-electron chi connectivity index (χ3n) is 4.11. The number of hydrogen-bond donors (Lipinski definition) is 2. The molecule has 0 unspecified atom stereocenters. The summed E-state index contributed by atoms with van der Waals surface area (Å²) in [5.74, 6) is 0.571. The van der Waals surface area contributed by atoms with Crippen LogP contribution in [0.3, 0.4) is 0 Å². The summed E-state index contributed by atoms with van der Waals surface area (Å²) in [6.45, 7) is 4.18. The summed E-state index contributed by atoms with van der Waals surface area (Å²) in [6, 6.07) is 18.2. The van der Waals surface area contributed by atoms with Gasteiger partial charge in [0.1, 0.15) is 0 Å². The fraction of sp³-hybridized carbons (Fsp3) is 0.190. The number of nitrogens with zero attached hydrogens (tertiary/aromatic N) is 2. The summed E-state index contributed by atoms with van der Waals surface area (Å²) in [7, 11) is 0. The molecule has 0 fully saturated rings. The molecular weight excluding hydrogens is 324 g/mol. The van der Waals surface area contributed by atoms with Crippen LogP contribution in [0, 0.1) is 0 Å². The number of rotatable bonds is 6. The Morgan fingerprint density at radius 3 is 2.23 bits per heavy atom. The van der Waals surface area contributed by atoms with Gasteiger partial charge in [-0.15, -0.1) is 0 Å². The molecule has 0 aliphatic carbocycles. The van der Waals surface area contributed by atoms with Crippen LogP contribution in [0.25, 0.3) is 11.1 Å². The van der Waals surface area contributed by atoms with E-state index in [-0.39, 0.29) is 11.9 Å². The molecule has 0 aliphatic rings. The molecule has 5 nitrogen and oxygen atoms in total. The minimum Gasteiger partial charge on any atom is -0.350 e. The number of amides is 1. The Balaban J connectivity index is 1.63. The third-order valence-corrected chi connectivity index (χ3v) is 4.11. The van der Waals surface area contributed by atoms with Crippen molar-refractivity contribution in [3.05, 3.63) is 78.1 Å². The van der Waals surface area contributed by atoms with Crippen molar-refractivity contribution in [2.45, 2.75) is 26.4 Å². The summed E-state index contributed by atoms with van der Waals surface area (Å²) in [5.41, 5.74) is 4.24. The average molecular weight is 346 g/mol. The molecule has 1 atom stereocenters. The quantitative estimate of drug-likeness (QED) is 0.709. The van der Waals surface area contributed by atoms with Gasteiger partial charge in [-0.1, -0.05) is 54.6 Å². The molecule has 0 aliphatic heterocycles. The monoisotopic (exact) mass is 346 g/mol. The van der Waals surface area contributed by atoms with Gasteiger partial charge in [-0.3, -0.25) is 4.79 Å². The first-order chi connectivity index (χ1) is 12.6. The maximum atomic E-state index is 11.2. The van der Waals surface area contributed by atoms with E-state index in [9.17, 15) is 4.79 Å². The van der Waals surface area contributed by atoms with Crippen LogP contribution in [-0.4, -0.2) is 15.9 Å². The van der Waals surface area contributed by atoms with E-state index >= 15 is 0 Å². The molecule has 26 heavy (non-hydrogen) atoms. The molecule has 5 heteroatoms. The van der Waals surface area contributed by atoms with Gasteiger partial charge in [-0.25, -0.2) is 9.97 Å². The molecule has 0 bridgehead atoms. The predicted molar refractivity (Wildman–Crippen MR) is 103 cm³/mol. The second kappa shape index (κ2) is 8.25. The molecule has 1 heterocycles. The van der Waals surface area contributed by atoms with Crippen molar-refractivity contribution in [3.63, 3.8) is 0 Å². The van der Waals surface area contributed by atoms with Crippen LogP contribution in [0.2, 0.25) is 0 Å². The van der Waals surface area contributed by atoms with Gasteiger partial charge in [0.15, 0.2) is 0 Å². The zero-order valence-electron chi connectivity index (χ0n) is 14.9. The van der Waals surface area contributed by atoms with Crippen LogP contribution in [0.15, 0.2) is 67.0 Å². The van der Waals surface area contributed by atoms with Crippen LogP contribution in [0.5, 0.6) is 0 Å². The van der Waals surface area contributed by atoms with Crippen LogP contribution in [-0.2, 0) is 11.3 Å². The van der Waals surface area contributed by atoms with E-state index in [2.05, 4.69) is 32.7 Å². The fourth-order valence-corrected chi connectivity index (χ4v) is 2.70. The Morgan fingerprint density at radius 2 is 1.62 bits per heavy atom. The highest BCUT2D eigenvalue weighted by Gasteiger charge is 2.07. The van der Waals surface area contributed by atoms with Crippen LogP contribution >= 0.6 is 0 Å². The van der Waals surface area contributed by atoms with Gasteiger partial charge in [0.05, 0.1) is 6.04 Å². The van der Waals surface area contributed by atoms with Crippen molar-refractivity contribution in [1.82, 2.24) is 15.3 Å². The molecule has 132 valence electrons. The first kappa shape index (κ1) is 17.6. The second-order valence-corrected chi connectivity index (χ2v) is 6.18. The van der Waals surface area contributed by atoms with E-state index in [4.69, 9.17) is 0 Å². The average Bonchev–Trinajstić information content (AvgIpc) is 2.67. The second-order valence-electron chi connectivity index (χ2n) is 6.18. The summed E-state index contributed by atoms with van der Waals surface area (Å²) in [6.07, 6.45) is 3.62. The molecule has 3 aromatic rings. The molecule has 2 N–H and O–H groups in total. The molecule has 1 aromatic heterocycles. The van der Waals surface area contributed by atoms with Gasteiger partial charge in [0.25, 0.3) is 0 Å².